The van der Waals surface area contributed by atoms with Gasteiger partial charge in [-0.05, 0) is 6.42 Å². The highest BCUT2D eigenvalue weighted by molar-refractivity contribution is 6.13. The third-order valence-electron chi connectivity index (χ3n) is 2.51. The van der Waals surface area contributed by atoms with Crippen LogP contribution < -0.4 is 5.73 Å². The van der Waals surface area contributed by atoms with Crippen LogP contribution in [0.15, 0.2) is 17.4 Å². The zero-order valence-corrected chi connectivity index (χ0v) is 8.51. The fourth-order valence-electron chi connectivity index (χ4n) is 1.72. The Balaban J connectivity index is 2.21. The van der Waals surface area contributed by atoms with E-state index in [4.69, 9.17) is 5.73 Å². The number of nitrogen functional groups attached to an aromatic ring is 1. The van der Waals surface area contributed by atoms with E-state index in [9.17, 15) is 0 Å². The van der Waals surface area contributed by atoms with Crippen molar-refractivity contribution in [3.8, 4) is 0 Å². The van der Waals surface area contributed by atoms with Gasteiger partial charge in [-0.25, -0.2) is 9.97 Å². The number of hydrogen-bond acceptors (Lipinski definition) is 5. The molecule has 0 fully saturated rings. The monoisotopic (exact) mass is 214 g/mol. The molecule has 2 aromatic heterocycles. The minimum Gasteiger partial charge on any atom is -0.382 e. The number of fused-ring (bicyclic) bond motifs is 1. The minimum absolute atomic E-state index is 0.414. The van der Waals surface area contributed by atoms with Crippen molar-refractivity contribution in [1.82, 2.24) is 20.2 Å². The standard InChI is InChI=1S/C10H10N6/c11-10-9-8(13-5-14-10)7(15-16-9)6-2-1-3-12-4-6/h2,4-5H,1,3H2,(H,15,16)(H2,11,13,14). The van der Waals surface area contributed by atoms with Crippen LogP contribution in [0.2, 0.25) is 0 Å². The summed E-state index contributed by atoms with van der Waals surface area (Å²) in [6.07, 6.45) is 6.29. The lowest BCUT2D eigenvalue weighted by atomic mass is 10.1. The quantitative estimate of drug-likeness (QED) is 0.734. The van der Waals surface area contributed by atoms with Gasteiger partial charge in [-0.1, -0.05) is 6.08 Å². The smallest absolute Gasteiger partial charge is 0.152 e. The molecule has 0 spiro atoms. The molecule has 0 aliphatic carbocycles. The maximum atomic E-state index is 5.72. The first-order valence-electron chi connectivity index (χ1n) is 5.01. The summed E-state index contributed by atoms with van der Waals surface area (Å²) in [6.45, 7) is 0.836. The molecule has 3 N–H and O–H groups in total. The first kappa shape index (κ1) is 9.02. The number of rotatable bonds is 1. The number of nitrogens with zero attached hydrogens (tertiary/aromatic N) is 4. The summed E-state index contributed by atoms with van der Waals surface area (Å²) in [4.78, 5) is 12.3. The lowest BCUT2D eigenvalue weighted by Gasteiger charge is -2.02. The summed E-state index contributed by atoms with van der Waals surface area (Å²) in [6, 6.07) is 0. The molecule has 0 unspecified atom stereocenters. The lowest BCUT2D eigenvalue weighted by molar-refractivity contribution is 1.00. The molecular weight excluding hydrogens is 204 g/mol. The molecule has 6 heteroatoms. The molecule has 3 rings (SSSR count). The summed E-state index contributed by atoms with van der Waals surface area (Å²) in [5.74, 6) is 0.414. The van der Waals surface area contributed by atoms with E-state index in [1.54, 1.807) is 0 Å². The normalized spacial score (nSPS) is 15.4. The number of nitrogens with one attached hydrogen (secondary N) is 1. The Labute approximate surface area is 91.3 Å². The van der Waals surface area contributed by atoms with E-state index in [1.165, 1.54) is 6.33 Å². The second kappa shape index (κ2) is 3.41. The average molecular weight is 214 g/mol. The Morgan fingerprint density at radius 2 is 2.25 bits per heavy atom. The molecule has 0 saturated carbocycles. The fraction of sp³-hybridized carbons (Fsp3) is 0.200. The Bertz CT molecular complexity index is 594. The van der Waals surface area contributed by atoms with Crippen LogP contribution in [0.25, 0.3) is 16.6 Å². The summed E-state index contributed by atoms with van der Waals surface area (Å²) >= 11 is 0. The maximum absolute atomic E-state index is 5.72. The highest BCUT2D eigenvalue weighted by Crippen LogP contribution is 2.23. The Morgan fingerprint density at radius 3 is 3.06 bits per heavy atom. The van der Waals surface area contributed by atoms with Crippen LogP contribution in [0.5, 0.6) is 0 Å². The second-order valence-corrected chi connectivity index (χ2v) is 3.54. The maximum Gasteiger partial charge on any atom is 0.152 e. The van der Waals surface area contributed by atoms with Crippen molar-refractivity contribution in [1.29, 1.82) is 0 Å². The summed E-state index contributed by atoms with van der Waals surface area (Å²) in [5, 5.41) is 7.06. The highest BCUT2D eigenvalue weighted by atomic mass is 15.1. The van der Waals surface area contributed by atoms with Crippen LogP contribution >= 0.6 is 0 Å². The number of nitrogens with two attached hydrogens (primary N) is 1. The molecule has 6 nitrogen and oxygen atoms in total. The first-order chi connectivity index (χ1) is 7.86. The third kappa shape index (κ3) is 1.27. The number of anilines is 1. The van der Waals surface area contributed by atoms with Crippen LogP contribution in [0, 0.1) is 0 Å². The molecule has 0 atom stereocenters. The number of aromatic nitrogens is 4. The molecule has 2 aromatic rings. The van der Waals surface area contributed by atoms with E-state index in [0.717, 1.165) is 29.7 Å². The Kier molecular flexibility index (Phi) is 1.92. The fourth-order valence-corrected chi connectivity index (χ4v) is 1.72. The summed E-state index contributed by atoms with van der Waals surface area (Å²) < 4.78 is 0. The van der Waals surface area contributed by atoms with Gasteiger partial charge in [-0.3, -0.25) is 10.1 Å². The molecule has 0 amide bonds. The molecule has 1 aliphatic heterocycles. The zero-order valence-electron chi connectivity index (χ0n) is 8.51. The molecular formula is C10H10N6. The predicted octanol–water partition coefficient (Wildman–Crippen LogP) is 0.793. The number of allylic oxidation sites excluding steroid dienone is 1. The first-order valence-corrected chi connectivity index (χ1v) is 5.01. The van der Waals surface area contributed by atoms with Gasteiger partial charge in [0.15, 0.2) is 5.82 Å². The number of hydrogen-bond donors (Lipinski definition) is 2. The molecule has 0 aromatic carbocycles. The molecule has 0 saturated heterocycles. The zero-order chi connectivity index (χ0) is 11.0. The Morgan fingerprint density at radius 1 is 1.31 bits per heavy atom. The number of dihydropyridines is 1. The van der Waals surface area contributed by atoms with Gasteiger partial charge in [0.2, 0.25) is 0 Å². The van der Waals surface area contributed by atoms with Gasteiger partial charge in [0.25, 0.3) is 0 Å². The van der Waals surface area contributed by atoms with Crippen LogP contribution in [0.4, 0.5) is 5.82 Å². The minimum atomic E-state index is 0.414. The average Bonchev–Trinajstić information content (AvgIpc) is 2.75. The van der Waals surface area contributed by atoms with Crippen molar-refractivity contribution >= 4 is 28.6 Å². The number of aliphatic imine (C=N–C) groups is 1. The predicted molar refractivity (Wildman–Crippen MR) is 62.0 cm³/mol. The third-order valence-corrected chi connectivity index (χ3v) is 2.51. The van der Waals surface area contributed by atoms with Crippen LogP contribution in [-0.4, -0.2) is 32.9 Å². The SMILES string of the molecule is Nc1ncnc2c(C3=CCCN=C3)n[nH]c12. The lowest BCUT2D eigenvalue weighted by Crippen LogP contribution is -1.96. The van der Waals surface area contributed by atoms with E-state index < -0.39 is 0 Å². The number of aromatic amines is 1. The van der Waals surface area contributed by atoms with E-state index in [-0.39, 0.29) is 0 Å². The molecule has 16 heavy (non-hydrogen) atoms. The number of H-pyrrole nitrogens is 1. The van der Waals surface area contributed by atoms with Crippen molar-refractivity contribution in [2.75, 3.05) is 12.3 Å². The van der Waals surface area contributed by atoms with Crippen LogP contribution in [0.1, 0.15) is 12.1 Å². The van der Waals surface area contributed by atoms with Crippen LogP contribution in [0.3, 0.4) is 0 Å². The molecule has 3 heterocycles. The van der Waals surface area contributed by atoms with Gasteiger partial charge in [0, 0.05) is 18.3 Å². The van der Waals surface area contributed by atoms with Crippen molar-refractivity contribution in [3.63, 3.8) is 0 Å². The van der Waals surface area contributed by atoms with E-state index in [1.807, 2.05) is 6.21 Å². The highest BCUT2D eigenvalue weighted by Gasteiger charge is 2.13. The summed E-state index contributed by atoms with van der Waals surface area (Å²) in [7, 11) is 0. The van der Waals surface area contributed by atoms with Crippen molar-refractivity contribution in [2.24, 2.45) is 4.99 Å². The van der Waals surface area contributed by atoms with Gasteiger partial charge in [-0.2, -0.15) is 5.10 Å². The molecule has 80 valence electrons. The van der Waals surface area contributed by atoms with Gasteiger partial charge >= 0.3 is 0 Å². The molecule has 0 bridgehead atoms. The second-order valence-electron chi connectivity index (χ2n) is 3.54. The van der Waals surface area contributed by atoms with Gasteiger partial charge in [-0.15, -0.1) is 0 Å². The van der Waals surface area contributed by atoms with Gasteiger partial charge in [0.05, 0.1) is 0 Å². The van der Waals surface area contributed by atoms with Crippen molar-refractivity contribution in [3.05, 3.63) is 18.1 Å². The van der Waals surface area contributed by atoms with Crippen molar-refractivity contribution in [2.45, 2.75) is 6.42 Å². The summed E-state index contributed by atoms with van der Waals surface area (Å²) in [5.41, 5.74) is 8.91. The van der Waals surface area contributed by atoms with E-state index in [2.05, 4.69) is 31.2 Å². The Hall–Kier alpha value is -2.24. The van der Waals surface area contributed by atoms with E-state index >= 15 is 0 Å². The molecule has 0 radical (unpaired) electrons. The van der Waals surface area contributed by atoms with Gasteiger partial charge < -0.3 is 5.73 Å². The van der Waals surface area contributed by atoms with Crippen LogP contribution in [-0.2, 0) is 0 Å². The van der Waals surface area contributed by atoms with Gasteiger partial charge in [0.1, 0.15) is 23.1 Å². The largest absolute Gasteiger partial charge is 0.382 e. The van der Waals surface area contributed by atoms with Crippen molar-refractivity contribution < 1.29 is 0 Å². The van der Waals surface area contributed by atoms with E-state index in [0.29, 0.717) is 11.3 Å². The topological polar surface area (TPSA) is 92.8 Å². The molecule has 1 aliphatic rings.